The van der Waals surface area contributed by atoms with Crippen LogP contribution in [0.3, 0.4) is 0 Å². The highest BCUT2D eigenvalue weighted by atomic mass is 16.5. The monoisotopic (exact) mass is 250 g/mol. The van der Waals surface area contributed by atoms with Crippen molar-refractivity contribution in [3.05, 3.63) is 23.9 Å². The van der Waals surface area contributed by atoms with E-state index < -0.39 is 0 Å². The van der Waals surface area contributed by atoms with Gasteiger partial charge in [-0.15, -0.1) is 0 Å². The lowest BCUT2D eigenvalue weighted by Crippen LogP contribution is -2.43. The lowest BCUT2D eigenvalue weighted by Gasteiger charge is -2.36. The Morgan fingerprint density at radius 3 is 3.17 bits per heavy atom. The molecule has 0 bridgehead atoms. The first-order chi connectivity index (χ1) is 8.77. The SMILES string of the molecule is COC(=O)c1cccnc1N1CCCCC1CO. The Morgan fingerprint density at radius 2 is 2.44 bits per heavy atom. The third-order valence-corrected chi connectivity index (χ3v) is 3.30. The molecule has 5 heteroatoms. The van der Waals surface area contributed by atoms with Crippen molar-refractivity contribution in [1.29, 1.82) is 0 Å². The molecule has 1 aliphatic heterocycles. The van der Waals surface area contributed by atoms with Gasteiger partial charge in [-0.3, -0.25) is 0 Å². The van der Waals surface area contributed by atoms with Crippen LogP contribution in [0, 0.1) is 0 Å². The summed E-state index contributed by atoms with van der Waals surface area (Å²) in [4.78, 5) is 18.0. The Labute approximate surface area is 106 Å². The number of aliphatic hydroxyl groups is 1. The van der Waals surface area contributed by atoms with Crippen molar-refractivity contribution in [2.45, 2.75) is 25.3 Å². The molecule has 1 fully saturated rings. The number of anilines is 1. The van der Waals surface area contributed by atoms with Gasteiger partial charge in [0.1, 0.15) is 11.4 Å². The van der Waals surface area contributed by atoms with E-state index in [0.717, 1.165) is 25.8 Å². The summed E-state index contributed by atoms with van der Waals surface area (Å²) in [5.41, 5.74) is 0.459. The van der Waals surface area contributed by atoms with Crippen molar-refractivity contribution >= 4 is 11.8 Å². The summed E-state index contributed by atoms with van der Waals surface area (Å²) < 4.78 is 4.77. The number of aromatic nitrogens is 1. The van der Waals surface area contributed by atoms with Crippen LogP contribution in [0.1, 0.15) is 29.6 Å². The summed E-state index contributed by atoms with van der Waals surface area (Å²) in [6.07, 6.45) is 4.73. The second-order valence-corrected chi connectivity index (χ2v) is 4.39. The molecule has 0 spiro atoms. The third-order valence-electron chi connectivity index (χ3n) is 3.30. The van der Waals surface area contributed by atoms with E-state index in [4.69, 9.17) is 4.74 Å². The summed E-state index contributed by atoms with van der Waals surface area (Å²) in [5, 5.41) is 9.42. The van der Waals surface area contributed by atoms with E-state index in [-0.39, 0.29) is 18.6 Å². The number of aliphatic hydroxyl groups excluding tert-OH is 1. The van der Waals surface area contributed by atoms with Gasteiger partial charge in [-0.2, -0.15) is 0 Å². The summed E-state index contributed by atoms with van der Waals surface area (Å²) in [7, 11) is 1.36. The maximum absolute atomic E-state index is 11.7. The van der Waals surface area contributed by atoms with E-state index in [9.17, 15) is 9.90 Å². The molecule has 1 aromatic heterocycles. The summed E-state index contributed by atoms with van der Waals surface area (Å²) in [6.45, 7) is 0.892. The van der Waals surface area contributed by atoms with Crippen LogP contribution < -0.4 is 4.90 Å². The number of hydrogen-bond acceptors (Lipinski definition) is 5. The van der Waals surface area contributed by atoms with Gasteiger partial charge in [-0.05, 0) is 31.4 Å². The largest absolute Gasteiger partial charge is 0.465 e. The minimum atomic E-state index is -0.389. The van der Waals surface area contributed by atoms with Crippen molar-refractivity contribution in [3.63, 3.8) is 0 Å². The van der Waals surface area contributed by atoms with Crippen LogP contribution in [0.15, 0.2) is 18.3 Å². The van der Waals surface area contributed by atoms with Gasteiger partial charge >= 0.3 is 5.97 Å². The van der Waals surface area contributed by atoms with Crippen LogP contribution in [-0.4, -0.2) is 42.4 Å². The molecule has 0 radical (unpaired) electrons. The Hall–Kier alpha value is -1.62. The maximum atomic E-state index is 11.7. The first kappa shape index (κ1) is 12.8. The van der Waals surface area contributed by atoms with Gasteiger partial charge in [0, 0.05) is 12.7 Å². The van der Waals surface area contributed by atoms with Gasteiger partial charge in [-0.25, -0.2) is 9.78 Å². The van der Waals surface area contributed by atoms with Gasteiger partial charge in [0.25, 0.3) is 0 Å². The first-order valence-corrected chi connectivity index (χ1v) is 6.18. The zero-order chi connectivity index (χ0) is 13.0. The van der Waals surface area contributed by atoms with Crippen molar-refractivity contribution in [3.8, 4) is 0 Å². The quantitative estimate of drug-likeness (QED) is 0.817. The Kier molecular flexibility index (Phi) is 4.15. The molecular formula is C13H18N2O3. The number of ether oxygens (including phenoxy) is 1. The van der Waals surface area contributed by atoms with Crippen LogP contribution in [0.25, 0.3) is 0 Å². The number of pyridine rings is 1. The summed E-state index contributed by atoms with van der Waals surface area (Å²) in [5.74, 6) is 0.225. The number of esters is 1. The highest BCUT2D eigenvalue weighted by Gasteiger charge is 2.26. The number of nitrogens with zero attached hydrogens (tertiary/aromatic N) is 2. The zero-order valence-electron chi connectivity index (χ0n) is 10.5. The minimum Gasteiger partial charge on any atom is -0.465 e. The van der Waals surface area contributed by atoms with Crippen LogP contribution in [-0.2, 0) is 4.74 Å². The Bertz CT molecular complexity index is 422. The van der Waals surface area contributed by atoms with Gasteiger partial charge in [0.05, 0.1) is 19.8 Å². The molecule has 0 aromatic carbocycles. The molecule has 1 atom stereocenters. The molecule has 2 heterocycles. The second kappa shape index (κ2) is 5.82. The highest BCUT2D eigenvalue weighted by Crippen LogP contribution is 2.26. The van der Waals surface area contributed by atoms with Crippen molar-refractivity contribution in [2.75, 3.05) is 25.2 Å². The predicted molar refractivity (Wildman–Crippen MR) is 67.6 cm³/mol. The molecule has 0 aliphatic carbocycles. The average Bonchev–Trinajstić information content (AvgIpc) is 2.46. The minimum absolute atomic E-state index is 0.0389. The molecule has 0 amide bonds. The molecule has 98 valence electrons. The first-order valence-electron chi connectivity index (χ1n) is 6.18. The molecule has 1 N–H and O–H groups in total. The molecule has 0 saturated carbocycles. The molecular weight excluding hydrogens is 232 g/mol. The van der Waals surface area contributed by atoms with Crippen molar-refractivity contribution < 1.29 is 14.6 Å². The number of carbonyl (C=O) groups is 1. The van der Waals surface area contributed by atoms with Crippen LogP contribution >= 0.6 is 0 Å². The van der Waals surface area contributed by atoms with E-state index in [0.29, 0.717) is 11.4 Å². The Morgan fingerprint density at radius 1 is 1.61 bits per heavy atom. The molecule has 1 aromatic rings. The summed E-state index contributed by atoms with van der Waals surface area (Å²) >= 11 is 0. The fourth-order valence-corrected chi connectivity index (χ4v) is 2.36. The maximum Gasteiger partial charge on any atom is 0.341 e. The number of piperidine rings is 1. The molecule has 1 unspecified atom stereocenters. The van der Waals surface area contributed by atoms with E-state index in [1.807, 2.05) is 4.90 Å². The fourth-order valence-electron chi connectivity index (χ4n) is 2.36. The standard InChI is InChI=1S/C13H18N2O3/c1-18-13(17)11-6-4-7-14-12(11)15-8-3-2-5-10(15)9-16/h4,6-7,10,16H,2-3,5,8-9H2,1H3. The molecule has 5 nitrogen and oxygen atoms in total. The van der Waals surface area contributed by atoms with Crippen LogP contribution in [0.4, 0.5) is 5.82 Å². The van der Waals surface area contributed by atoms with Gasteiger partial charge in [0.15, 0.2) is 0 Å². The summed E-state index contributed by atoms with van der Waals surface area (Å²) in [6, 6.07) is 3.46. The van der Waals surface area contributed by atoms with Gasteiger partial charge < -0.3 is 14.7 Å². The van der Waals surface area contributed by atoms with E-state index in [1.54, 1.807) is 18.3 Å². The molecule has 2 rings (SSSR count). The zero-order valence-corrected chi connectivity index (χ0v) is 10.5. The Balaban J connectivity index is 2.33. The highest BCUT2D eigenvalue weighted by molar-refractivity contribution is 5.94. The third kappa shape index (κ3) is 2.46. The van der Waals surface area contributed by atoms with Gasteiger partial charge in [-0.1, -0.05) is 0 Å². The fraction of sp³-hybridized carbons (Fsp3) is 0.538. The lowest BCUT2D eigenvalue weighted by atomic mass is 10.0. The van der Waals surface area contributed by atoms with Crippen molar-refractivity contribution in [2.24, 2.45) is 0 Å². The lowest BCUT2D eigenvalue weighted by molar-refractivity contribution is 0.0600. The van der Waals surface area contributed by atoms with E-state index in [2.05, 4.69) is 4.98 Å². The normalized spacial score (nSPS) is 19.7. The average molecular weight is 250 g/mol. The van der Waals surface area contributed by atoms with Crippen molar-refractivity contribution in [1.82, 2.24) is 4.98 Å². The second-order valence-electron chi connectivity index (χ2n) is 4.39. The smallest absolute Gasteiger partial charge is 0.341 e. The molecule has 18 heavy (non-hydrogen) atoms. The van der Waals surface area contributed by atoms with Gasteiger partial charge in [0.2, 0.25) is 0 Å². The van der Waals surface area contributed by atoms with E-state index in [1.165, 1.54) is 7.11 Å². The number of rotatable bonds is 3. The molecule has 1 saturated heterocycles. The number of methoxy groups -OCH3 is 1. The number of hydrogen-bond donors (Lipinski definition) is 1. The topological polar surface area (TPSA) is 62.7 Å². The van der Waals surface area contributed by atoms with Crippen LogP contribution in [0.5, 0.6) is 0 Å². The van der Waals surface area contributed by atoms with E-state index >= 15 is 0 Å². The van der Waals surface area contributed by atoms with Crippen LogP contribution in [0.2, 0.25) is 0 Å². The number of carbonyl (C=O) groups excluding carboxylic acids is 1. The molecule has 1 aliphatic rings. The predicted octanol–water partition coefficient (Wildman–Crippen LogP) is 1.22.